The van der Waals surface area contributed by atoms with Crippen molar-refractivity contribution >= 4 is 11.3 Å². The minimum absolute atomic E-state index is 0.0402. The molecule has 0 amide bonds. The number of nitrogens with zero attached hydrogens (tertiary/aromatic N) is 5. The summed E-state index contributed by atoms with van der Waals surface area (Å²) in [6.07, 6.45) is 6.29. The van der Waals surface area contributed by atoms with Crippen LogP contribution >= 0.6 is 11.3 Å². The zero-order valence-electron chi connectivity index (χ0n) is 12.3. The van der Waals surface area contributed by atoms with Crippen molar-refractivity contribution < 1.29 is 5.11 Å². The predicted octanol–water partition coefficient (Wildman–Crippen LogP) is 1.45. The van der Waals surface area contributed by atoms with Crippen molar-refractivity contribution in [2.24, 2.45) is 5.92 Å². The van der Waals surface area contributed by atoms with Crippen LogP contribution < -0.4 is 0 Å². The maximum absolute atomic E-state index is 9.04. The molecule has 0 aliphatic carbocycles. The number of thiazole rings is 1. The first-order valence-electron chi connectivity index (χ1n) is 7.36. The molecule has 21 heavy (non-hydrogen) atoms. The highest BCUT2D eigenvalue weighted by molar-refractivity contribution is 7.11. The molecule has 0 aromatic carbocycles. The van der Waals surface area contributed by atoms with Crippen molar-refractivity contribution in [3.63, 3.8) is 0 Å². The Bertz CT molecular complexity index is 581. The fraction of sp³-hybridized carbons (Fsp3) is 0.643. The number of aromatic nitrogens is 4. The van der Waals surface area contributed by atoms with Gasteiger partial charge < -0.3 is 5.11 Å². The quantitative estimate of drug-likeness (QED) is 0.905. The number of hydrogen-bond acceptors (Lipinski definition) is 6. The van der Waals surface area contributed by atoms with Crippen LogP contribution in [0.15, 0.2) is 12.4 Å². The van der Waals surface area contributed by atoms with Gasteiger partial charge in [0, 0.05) is 30.7 Å². The lowest BCUT2D eigenvalue weighted by atomic mass is 9.98. The Morgan fingerprint density at radius 3 is 3.10 bits per heavy atom. The third kappa shape index (κ3) is 3.87. The smallest absolute Gasteiger partial charge is 0.108 e. The summed E-state index contributed by atoms with van der Waals surface area (Å²) >= 11 is 1.78. The van der Waals surface area contributed by atoms with Crippen LogP contribution in [0.5, 0.6) is 0 Å². The van der Waals surface area contributed by atoms with Crippen molar-refractivity contribution in [2.75, 3.05) is 13.1 Å². The molecular weight excluding hydrogens is 286 g/mol. The van der Waals surface area contributed by atoms with Gasteiger partial charge in [0.2, 0.25) is 0 Å². The SMILES string of the molecule is Cc1ncc(CN2CCC[C@H](Cn3cc(CO)nn3)C2)s1. The van der Waals surface area contributed by atoms with Crippen LogP contribution in [0, 0.1) is 12.8 Å². The second-order valence-electron chi connectivity index (χ2n) is 5.68. The Morgan fingerprint density at radius 2 is 2.38 bits per heavy atom. The highest BCUT2D eigenvalue weighted by Gasteiger charge is 2.21. The molecule has 1 fully saturated rings. The zero-order valence-corrected chi connectivity index (χ0v) is 13.1. The third-order valence-corrected chi connectivity index (χ3v) is 4.74. The van der Waals surface area contributed by atoms with E-state index < -0.39 is 0 Å². The fourth-order valence-corrected chi connectivity index (χ4v) is 3.74. The molecule has 6 nitrogen and oxygen atoms in total. The van der Waals surface area contributed by atoms with Crippen molar-refractivity contribution in [3.8, 4) is 0 Å². The second-order valence-corrected chi connectivity index (χ2v) is 7.00. The first-order valence-corrected chi connectivity index (χ1v) is 8.18. The van der Waals surface area contributed by atoms with Crippen LogP contribution in [0.25, 0.3) is 0 Å². The molecule has 2 aromatic rings. The number of hydrogen-bond donors (Lipinski definition) is 1. The summed E-state index contributed by atoms with van der Waals surface area (Å²) in [6, 6.07) is 0. The molecule has 1 N–H and O–H groups in total. The molecule has 0 spiro atoms. The van der Waals surface area contributed by atoms with Gasteiger partial charge in [0.05, 0.1) is 17.8 Å². The summed E-state index contributed by atoms with van der Waals surface area (Å²) in [5.74, 6) is 0.598. The van der Waals surface area contributed by atoms with E-state index in [1.165, 1.54) is 17.7 Å². The van der Waals surface area contributed by atoms with E-state index in [2.05, 4.69) is 27.1 Å². The van der Waals surface area contributed by atoms with E-state index in [9.17, 15) is 0 Å². The normalized spacial score (nSPS) is 20.0. The number of aliphatic hydroxyl groups is 1. The Balaban J connectivity index is 1.55. The molecule has 0 saturated carbocycles. The third-order valence-electron chi connectivity index (χ3n) is 3.85. The topological polar surface area (TPSA) is 67.1 Å². The number of aliphatic hydroxyl groups excluding tert-OH is 1. The molecule has 1 aliphatic rings. The number of rotatable bonds is 5. The van der Waals surface area contributed by atoms with Crippen LogP contribution in [-0.2, 0) is 19.7 Å². The van der Waals surface area contributed by atoms with Gasteiger partial charge in [-0.1, -0.05) is 5.21 Å². The van der Waals surface area contributed by atoms with E-state index in [0.717, 1.165) is 31.2 Å². The van der Waals surface area contributed by atoms with Crippen molar-refractivity contribution in [3.05, 3.63) is 28.0 Å². The van der Waals surface area contributed by atoms with Crippen LogP contribution in [0.2, 0.25) is 0 Å². The molecule has 1 saturated heterocycles. The molecule has 0 bridgehead atoms. The first-order chi connectivity index (χ1) is 10.2. The molecule has 7 heteroatoms. The lowest BCUT2D eigenvalue weighted by molar-refractivity contribution is 0.154. The van der Waals surface area contributed by atoms with Gasteiger partial charge in [-0.15, -0.1) is 16.4 Å². The van der Waals surface area contributed by atoms with Crippen molar-refractivity contribution in [1.29, 1.82) is 0 Å². The van der Waals surface area contributed by atoms with Crippen LogP contribution in [-0.4, -0.2) is 43.1 Å². The molecule has 114 valence electrons. The first kappa shape index (κ1) is 14.6. The highest BCUT2D eigenvalue weighted by Crippen LogP contribution is 2.22. The molecule has 1 aliphatic heterocycles. The molecule has 0 unspecified atom stereocenters. The molecular formula is C14H21N5OS. The Morgan fingerprint density at radius 1 is 1.48 bits per heavy atom. The lowest BCUT2D eigenvalue weighted by Gasteiger charge is -2.32. The zero-order chi connectivity index (χ0) is 14.7. The van der Waals surface area contributed by atoms with Gasteiger partial charge in [0.15, 0.2) is 0 Å². The van der Waals surface area contributed by atoms with Crippen LogP contribution in [0.1, 0.15) is 28.4 Å². The number of likely N-dealkylation sites (tertiary alicyclic amines) is 1. The van der Waals surface area contributed by atoms with Crippen LogP contribution in [0.3, 0.4) is 0 Å². The van der Waals surface area contributed by atoms with E-state index in [-0.39, 0.29) is 6.61 Å². The summed E-state index contributed by atoms with van der Waals surface area (Å²) < 4.78 is 1.86. The summed E-state index contributed by atoms with van der Waals surface area (Å²) in [7, 11) is 0. The maximum Gasteiger partial charge on any atom is 0.108 e. The molecule has 3 rings (SSSR count). The van der Waals surface area contributed by atoms with E-state index in [4.69, 9.17) is 5.11 Å². The van der Waals surface area contributed by atoms with Crippen LogP contribution in [0.4, 0.5) is 0 Å². The van der Waals surface area contributed by atoms with Gasteiger partial charge in [-0.25, -0.2) is 4.98 Å². The Hall–Kier alpha value is -1.31. The van der Waals surface area contributed by atoms with E-state index in [1.807, 2.05) is 17.1 Å². The van der Waals surface area contributed by atoms with Gasteiger partial charge in [-0.2, -0.15) is 0 Å². The molecule has 3 heterocycles. The number of aryl methyl sites for hydroxylation is 1. The Labute approximate surface area is 128 Å². The van der Waals surface area contributed by atoms with E-state index in [0.29, 0.717) is 11.6 Å². The average molecular weight is 307 g/mol. The standard InChI is InChI=1S/C14H21N5OS/c1-11-15-5-14(21-11)9-18-4-2-3-12(6-18)7-19-8-13(10-20)16-17-19/h5,8,12,20H,2-4,6-7,9-10H2,1H3/t12-/m0/s1. The lowest BCUT2D eigenvalue weighted by Crippen LogP contribution is -2.36. The summed E-state index contributed by atoms with van der Waals surface area (Å²) in [6.45, 7) is 6.14. The summed E-state index contributed by atoms with van der Waals surface area (Å²) in [5, 5.41) is 18.2. The number of piperidine rings is 1. The highest BCUT2D eigenvalue weighted by atomic mass is 32.1. The molecule has 1 atom stereocenters. The minimum Gasteiger partial charge on any atom is -0.390 e. The van der Waals surface area contributed by atoms with Gasteiger partial charge in [0.1, 0.15) is 5.69 Å². The van der Waals surface area contributed by atoms with Gasteiger partial charge in [-0.3, -0.25) is 9.58 Å². The van der Waals surface area contributed by atoms with Gasteiger partial charge in [-0.05, 0) is 32.2 Å². The van der Waals surface area contributed by atoms with Gasteiger partial charge >= 0.3 is 0 Å². The second kappa shape index (κ2) is 6.64. The average Bonchev–Trinajstić information content (AvgIpc) is 3.08. The molecule has 0 radical (unpaired) electrons. The summed E-state index contributed by atoms with van der Waals surface area (Å²) in [4.78, 5) is 8.18. The van der Waals surface area contributed by atoms with Crippen molar-refractivity contribution in [1.82, 2.24) is 24.9 Å². The largest absolute Gasteiger partial charge is 0.390 e. The summed E-state index contributed by atoms with van der Waals surface area (Å²) in [5.41, 5.74) is 0.641. The maximum atomic E-state index is 9.04. The Kier molecular flexibility index (Phi) is 4.62. The van der Waals surface area contributed by atoms with Crippen molar-refractivity contribution in [2.45, 2.75) is 39.5 Å². The predicted molar refractivity (Wildman–Crippen MR) is 80.8 cm³/mol. The van der Waals surface area contributed by atoms with E-state index >= 15 is 0 Å². The van der Waals surface area contributed by atoms with Gasteiger partial charge in [0.25, 0.3) is 0 Å². The monoisotopic (exact) mass is 307 g/mol. The molecule has 2 aromatic heterocycles. The minimum atomic E-state index is -0.0402. The van der Waals surface area contributed by atoms with E-state index in [1.54, 1.807) is 11.3 Å². The fourth-order valence-electron chi connectivity index (χ4n) is 2.91.